The summed E-state index contributed by atoms with van der Waals surface area (Å²) >= 11 is 0. The quantitative estimate of drug-likeness (QED) is 0.920. The minimum absolute atomic E-state index is 0.0130. The molecule has 0 saturated carbocycles. The number of aromatic nitrogens is 2. The molecule has 6 nitrogen and oxygen atoms in total. The van der Waals surface area contributed by atoms with Crippen molar-refractivity contribution in [3.05, 3.63) is 63.6 Å². The van der Waals surface area contributed by atoms with Gasteiger partial charge in [-0.25, -0.2) is 5.10 Å². The summed E-state index contributed by atoms with van der Waals surface area (Å²) in [6, 6.07) is 11.3. The predicted octanol–water partition coefficient (Wildman–Crippen LogP) is 1.80. The molecule has 0 spiro atoms. The molecule has 132 valence electrons. The molecule has 0 aliphatic carbocycles. The number of nitrogens with one attached hydrogen (secondary N) is 1. The van der Waals surface area contributed by atoms with Gasteiger partial charge in [0.15, 0.2) is 0 Å². The average molecular weight is 341 g/mol. The van der Waals surface area contributed by atoms with Crippen molar-refractivity contribution in [2.75, 3.05) is 20.2 Å². The molecule has 3 rings (SSSR count). The molecular formula is C19H23N3O3. The second-order valence-corrected chi connectivity index (χ2v) is 6.57. The topological polar surface area (TPSA) is 75.3 Å². The predicted molar refractivity (Wildman–Crippen MR) is 94.5 cm³/mol. The van der Waals surface area contributed by atoms with Gasteiger partial charge in [0, 0.05) is 26.3 Å². The summed E-state index contributed by atoms with van der Waals surface area (Å²) in [6.45, 7) is 3.29. The third kappa shape index (κ3) is 4.14. The smallest absolute Gasteiger partial charge is 0.274 e. The van der Waals surface area contributed by atoms with Crippen LogP contribution in [0.4, 0.5) is 0 Å². The zero-order valence-electron chi connectivity index (χ0n) is 14.6. The fourth-order valence-corrected chi connectivity index (χ4v) is 3.42. The van der Waals surface area contributed by atoms with Crippen LogP contribution in [0.5, 0.6) is 0 Å². The Balaban J connectivity index is 1.67. The number of amides is 1. The molecule has 1 aliphatic rings. The molecule has 1 aliphatic heterocycles. The van der Waals surface area contributed by atoms with Crippen LogP contribution in [0.3, 0.4) is 0 Å². The summed E-state index contributed by atoms with van der Waals surface area (Å²) in [5, 5.41) is 6.14. The largest absolute Gasteiger partial charge is 0.379 e. The van der Waals surface area contributed by atoms with Gasteiger partial charge in [-0.3, -0.25) is 9.59 Å². The second kappa shape index (κ2) is 7.61. The Kier molecular flexibility index (Phi) is 5.28. The molecule has 6 heteroatoms. The number of hydrogen-bond acceptors (Lipinski definition) is 4. The number of carbonyl (C=O) groups excluding carboxylic acids is 1. The number of hydrogen-bond donors (Lipinski definition) is 1. The van der Waals surface area contributed by atoms with E-state index in [1.54, 1.807) is 12.0 Å². The number of benzene rings is 1. The Hall–Kier alpha value is -2.47. The highest BCUT2D eigenvalue weighted by Crippen LogP contribution is 2.25. The van der Waals surface area contributed by atoms with E-state index in [-0.39, 0.29) is 23.3 Å². The lowest BCUT2D eigenvalue weighted by Crippen LogP contribution is -2.48. The second-order valence-electron chi connectivity index (χ2n) is 6.57. The van der Waals surface area contributed by atoms with Gasteiger partial charge in [0.1, 0.15) is 5.69 Å². The van der Waals surface area contributed by atoms with E-state index >= 15 is 0 Å². The highest BCUT2D eigenvalue weighted by molar-refractivity contribution is 5.92. The van der Waals surface area contributed by atoms with Crippen LogP contribution in [-0.4, -0.2) is 47.3 Å². The fraction of sp³-hybridized carbons (Fsp3) is 0.421. The van der Waals surface area contributed by atoms with Crippen LogP contribution < -0.4 is 5.56 Å². The maximum Gasteiger partial charge on any atom is 0.274 e. The summed E-state index contributed by atoms with van der Waals surface area (Å²) in [4.78, 5) is 25.4. The minimum Gasteiger partial charge on any atom is -0.379 e. The number of likely N-dealkylation sites (tertiary alicyclic amines) is 1. The Labute approximate surface area is 146 Å². The normalized spacial score (nSPS) is 20.5. The number of rotatable bonds is 4. The lowest BCUT2D eigenvalue weighted by molar-refractivity contribution is -0.00720. The number of methoxy groups -OCH3 is 1. The SMILES string of the molecule is CO[C@@H]1CN(C(=O)c2ccc(=O)[nH]n2)CC[C@@H]1Cc1cccc(C)c1. The van der Waals surface area contributed by atoms with E-state index in [1.807, 2.05) is 0 Å². The molecule has 1 N–H and O–H groups in total. The van der Waals surface area contributed by atoms with Gasteiger partial charge in [-0.2, -0.15) is 5.10 Å². The van der Waals surface area contributed by atoms with E-state index in [1.165, 1.54) is 23.3 Å². The van der Waals surface area contributed by atoms with Gasteiger partial charge in [-0.05, 0) is 37.3 Å². The lowest BCUT2D eigenvalue weighted by Gasteiger charge is -2.37. The first-order valence-corrected chi connectivity index (χ1v) is 8.50. The molecule has 1 fully saturated rings. The summed E-state index contributed by atoms with van der Waals surface area (Å²) in [5.74, 6) is 0.201. The average Bonchev–Trinajstić information content (AvgIpc) is 2.62. The zero-order chi connectivity index (χ0) is 17.8. The van der Waals surface area contributed by atoms with E-state index in [9.17, 15) is 9.59 Å². The number of carbonyl (C=O) groups is 1. The van der Waals surface area contributed by atoms with E-state index in [0.29, 0.717) is 19.0 Å². The third-order valence-corrected chi connectivity index (χ3v) is 4.76. The van der Waals surface area contributed by atoms with E-state index in [4.69, 9.17) is 4.74 Å². The van der Waals surface area contributed by atoms with Crippen molar-refractivity contribution >= 4 is 5.91 Å². The maximum atomic E-state index is 12.6. The highest BCUT2D eigenvalue weighted by atomic mass is 16.5. The molecule has 2 aromatic rings. The van der Waals surface area contributed by atoms with Crippen molar-refractivity contribution in [1.82, 2.24) is 15.1 Å². The number of nitrogens with zero attached hydrogens (tertiary/aromatic N) is 2. The number of ether oxygens (including phenoxy) is 1. The van der Waals surface area contributed by atoms with Crippen molar-refractivity contribution in [3.8, 4) is 0 Å². The summed E-state index contributed by atoms with van der Waals surface area (Å²) in [7, 11) is 1.69. The van der Waals surface area contributed by atoms with Gasteiger partial charge in [0.05, 0.1) is 6.10 Å². The van der Waals surface area contributed by atoms with E-state index in [0.717, 1.165) is 12.8 Å². The lowest BCUT2D eigenvalue weighted by atomic mass is 9.87. The molecule has 1 aromatic heterocycles. The van der Waals surface area contributed by atoms with Crippen molar-refractivity contribution in [2.24, 2.45) is 5.92 Å². The zero-order valence-corrected chi connectivity index (χ0v) is 14.6. The molecule has 0 radical (unpaired) electrons. The summed E-state index contributed by atoms with van der Waals surface area (Å²) < 4.78 is 5.67. The van der Waals surface area contributed by atoms with Gasteiger partial charge in [0.2, 0.25) is 0 Å². The van der Waals surface area contributed by atoms with Crippen LogP contribution in [0.2, 0.25) is 0 Å². The molecule has 1 saturated heterocycles. The van der Waals surface area contributed by atoms with Gasteiger partial charge in [-0.15, -0.1) is 0 Å². The van der Waals surface area contributed by atoms with E-state index in [2.05, 4.69) is 41.4 Å². The van der Waals surface area contributed by atoms with E-state index < -0.39 is 0 Å². The molecule has 1 amide bonds. The maximum absolute atomic E-state index is 12.6. The van der Waals surface area contributed by atoms with Crippen LogP contribution in [-0.2, 0) is 11.2 Å². The number of piperidine rings is 1. The highest BCUT2D eigenvalue weighted by Gasteiger charge is 2.32. The fourth-order valence-electron chi connectivity index (χ4n) is 3.42. The molecule has 2 atom stereocenters. The molecule has 1 aromatic carbocycles. The summed E-state index contributed by atoms with van der Waals surface area (Å²) in [5.41, 5.74) is 2.49. The van der Waals surface area contributed by atoms with Crippen LogP contribution in [0.25, 0.3) is 0 Å². The van der Waals surface area contributed by atoms with Crippen LogP contribution >= 0.6 is 0 Å². The first-order chi connectivity index (χ1) is 12.1. The monoisotopic (exact) mass is 341 g/mol. The Morgan fingerprint density at radius 1 is 1.36 bits per heavy atom. The Bertz CT molecular complexity index is 782. The molecular weight excluding hydrogens is 318 g/mol. The molecule has 25 heavy (non-hydrogen) atoms. The van der Waals surface area contributed by atoms with Crippen molar-refractivity contribution in [3.63, 3.8) is 0 Å². The van der Waals surface area contributed by atoms with Crippen molar-refractivity contribution in [1.29, 1.82) is 0 Å². The van der Waals surface area contributed by atoms with Crippen LogP contribution in [0.15, 0.2) is 41.2 Å². The Morgan fingerprint density at radius 3 is 2.88 bits per heavy atom. The molecule has 0 unspecified atom stereocenters. The van der Waals surface area contributed by atoms with Crippen LogP contribution in [0.1, 0.15) is 28.0 Å². The third-order valence-electron chi connectivity index (χ3n) is 4.76. The van der Waals surface area contributed by atoms with Gasteiger partial charge in [0.25, 0.3) is 11.5 Å². The number of aromatic amines is 1. The first-order valence-electron chi connectivity index (χ1n) is 8.50. The van der Waals surface area contributed by atoms with Gasteiger partial charge in [-0.1, -0.05) is 29.8 Å². The standard InChI is InChI=1S/C19H23N3O3/c1-13-4-3-5-14(10-13)11-15-8-9-22(12-17(15)25-2)19(24)16-6-7-18(23)21-20-16/h3-7,10,15,17H,8-9,11-12H2,1-2H3,(H,21,23)/t15-,17-/m1/s1. The molecule has 0 bridgehead atoms. The van der Waals surface area contributed by atoms with Crippen molar-refractivity contribution in [2.45, 2.75) is 25.9 Å². The van der Waals surface area contributed by atoms with Crippen LogP contribution in [0, 0.1) is 12.8 Å². The Morgan fingerprint density at radius 2 is 2.20 bits per heavy atom. The number of H-pyrrole nitrogens is 1. The number of aryl methyl sites for hydroxylation is 1. The van der Waals surface area contributed by atoms with Gasteiger partial charge < -0.3 is 9.64 Å². The minimum atomic E-state index is -0.316. The first kappa shape index (κ1) is 17.4. The summed E-state index contributed by atoms with van der Waals surface area (Å²) in [6.07, 6.45) is 1.81. The van der Waals surface area contributed by atoms with Gasteiger partial charge >= 0.3 is 0 Å². The molecule has 2 heterocycles. The van der Waals surface area contributed by atoms with Crippen molar-refractivity contribution < 1.29 is 9.53 Å².